The fourth-order valence-corrected chi connectivity index (χ4v) is 2.30. The Kier molecular flexibility index (Phi) is 3.57. The van der Waals surface area contributed by atoms with Gasteiger partial charge in [0.05, 0.1) is 11.3 Å². The highest BCUT2D eigenvalue weighted by molar-refractivity contribution is 7.12. The van der Waals surface area contributed by atoms with Crippen molar-refractivity contribution in [3.05, 3.63) is 45.7 Å². The number of hydrogen-bond donors (Lipinski definition) is 2. The topological polar surface area (TPSA) is 79.3 Å². The molecule has 0 aliphatic heterocycles. The molecule has 0 aliphatic rings. The third-order valence-electron chi connectivity index (χ3n) is 2.40. The molecule has 1 amide bonds. The van der Waals surface area contributed by atoms with Crippen molar-refractivity contribution < 1.29 is 19.1 Å². The lowest BCUT2D eigenvalue weighted by atomic mass is 10.2. The summed E-state index contributed by atoms with van der Waals surface area (Å²) in [6, 6.07) is 2.34. The number of rotatable bonds is 3. The maximum atomic E-state index is 12.6. The number of amides is 1. The van der Waals surface area contributed by atoms with Crippen molar-refractivity contribution in [2.24, 2.45) is 0 Å². The highest BCUT2D eigenvalue weighted by Gasteiger charge is 2.18. The number of aryl methyl sites for hydroxylation is 1. The van der Waals surface area contributed by atoms with Crippen molar-refractivity contribution in [1.29, 1.82) is 0 Å². The molecule has 0 saturated heterocycles. The zero-order valence-electron chi connectivity index (χ0n) is 9.81. The van der Waals surface area contributed by atoms with E-state index in [2.05, 4.69) is 10.3 Å². The van der Waals surface area contributed by atoms with E-state index in [9.17, 15) is 14.0 Å². The number of carbonyl (C=O) groups excluding carboxylic acids is 1. The van der Waals surface area contributed by atoms with Crippen LogP contribution in [0.5, 0.6) is 0 Å². The fraction of sp³-hybridized carbons (Fsp3) is 0.0833. The van der Waals surface area contributed by atoms with Gasteiger partial charge in [0.15, 0.2) is 0 Å². The molecule has 0 fully saturated rings. The zero-order chi connectivity index (χ0) is 14.0. The van der Waals surface area contributed by atoms with Crippen molar-refractivity contribution in [3.8, 4) is 0 Å². The summed E-state index contributed by atoms with van der Waals surface area (Å²) in [6.07, 6.45) is 1.09. The summed E-state index contributed by atoms with van der Waals surface area (Å²) in [7, 11) is 0. The van der Waals surface area contributed by atoms with E-state index in [1.54, 1.807) is 12.3 Å². The van der Waals surface area contributed by atoms with Crippen molar-refractivity contribution >= 4 is 28.9 Å². The molecule has 0 spiro atoms. The quantitative estimate of drug-likeness (QED) is 0.847. The average Bonchev–Trinajstić information content (AvgIpc) is 2.72. The normalized spacial score (nSPS) is 10.2. The lowest BCUT2D eigenvalue weighted by Crippen LogP contribution is -2.14. The van der Waals surface area contributed by atoms with Crippen LogP contribution in [-0.2, 0) is 0 Å². The second kappa shape index (κ2) is 5.15. The number of hydrogen-bond acceptors (Lipinski definition) is 4. The van der Waals surface area contributed by atoms with Crippen LogP contribution in [0.3, 0.4) is 0 Å². The average molecular weight is 280 g/mol. The molecule has 0 atom stereocenters. The van der Waals surface area contributed by atoms with Crippen LogP contribution in [0.1, 0.15) is 25.6 Å². The Labute approximate surface area is 111 Å². The number of aromatic nitrogens is 1. The number of anilines is 1. The highest BCUT2D eigenvalue weighted by Crippen LogP contribution is 2.27. The van der Waals surface area contributed by atoms with Crippen LogP contribution in [0.2, 0.25) is 0 Å². The van der Waals surface area contributed by atoms with Gasteiger partial charge in [0.25, 0.3) is 5.91 Å². The molecule has 2 aromatic rings. The van der Waals surface area contributed by atoms with Crippen LogP contribution in [-0.4, -0.2) is 22.0 Å². The summed E-state index contributed by atoms with van der Waals surface area (Å²) in [6.45, 7) is 1.70. The monoisotopic (exact) mass is 280 g/mol. The van der Waals surface area contributed by atoms with E-state index >= 15 is 0 Å². The second-order valence-corrected chi connectivity index (χ2v) is 4.63. The largest absolute Gasteiger partial charge is 0.477 e. The molecule has 2 N–H and O–H groups in total. The minimum atomic E-state index is -1.11. The van der Waals surface area contributed by atoms with Crippen LogP contribution in [0.15, 0.2) is 23.7 Å². The number of carbonyl (C=O) groups is 2. The van der Waals surface area contributed by atoms with Gasteiger partial charge in [-0.3, -0.25) is 4.79 Å². The minimum Gasteiger partial charge on any atom is -0.477 e. The predicted octanol–water partition coefficient (Wildman–Crippen LogP) is 2.54. The maximum Gasteiger partial charge on any atom is 0.348 e. The molecule has 2 aromatic heterocycles. The summed E-state index contributed by atoms with van der Waals surface area (Å²) in [5.41, 5.74) is 1.07. The molecule has 7 heteroatoms. The lowest BCUT2D eigenvalue weighted by Gasteiger charge is -2.06. The number of carboxylic acids is 1. The number of halogens is 1. The Balaban J connectivity index is 2.26. The molecule has 5 nitrogen and oxygen atoms in total. The third-order valence-corrected chi connectivity index (χ3v) is 3.48. The van der Waals surface area contributed by atoms with Crippen LogP contribution in [0.25, 0.3) is 0 Å². The van der Waals surface area contributed by atoms with Gasteiger partial charge in [0.2, 0.25) is 5.95 Å². The molecule has 0 aliphatic carbocycles. The second-order valence-electron chi connectivity index (χ2n) is 3.75. The van der Waals surface area contributed by atoms with E-state index in [-0.39, 0.29) is 16.1 Å². The van der Waals surface area contributed by atoms with Crippen LogP contribution in [0.4, 0.5) is 10.1 Å². The summed E-state index contributed by atoms with van der Waals surface area (Å²) < 4.78 is 12.6. The van der Waals surface area contributed by atoms with E-state index in [0.717, 1.165) is 23.6 Å². The van der Waals surface area contributed by atoms with Crippen LogP contribution in [0, 0.1) is 12.9 Å². The third kappa shape index (κ3) is 2.76. The Bertz CT molecular complexity index is 637. The Morgan fingerprint density at radius 2 is 2.16 bits per heavy atom. The Hall–Kier alpha value is -2.28. The van der Waals surface area contributed by atoms with Gasteiger partial charge < -0.3 is 10.4 Å². The molecule has 2 heterocycles. The molecule has 19 heavy (non-hydrogen) atoms. The summed E-state index contributed by atoms with van der Waals surface area (Å²) in [5, 5.41) is 13.1. The number of thiophene rings is 1. The Morgan fingerprint density at radius 1 is 1.42 bits per heavy atom. The molecule has 0 saturated carbocycles. The van der Waals surface area contributed by atoms with Crippen molar-refractivity contribution in [3.63, 3.8) is 0 Å². The fourth-order valence-electron chi connectivity index (χ4n) is 1.45. The minimum absolute atomic E-state index is 0.0564. The maximum absolute atomic E-state index is 12.6. The first-order chi connectivity index (χ1) is 8.99. The van der Waals surface area contributed by atoms with Gasteiger partial charge in [-0.2, -0.15) is 4.39 Å². The first-order valence-corrected chi connectivity index (χ1v) is 6.11. The van der Waals surface area contributed by atoms with Crippen molar-refractivity contribution in [1.82, 2.24) is 4.98 Å². The van der Waals surface area contributed by atoms with E-state index in [1.165, 1.54) is 6.07 Å². The van der Waals surface area contributed by atoms with Gasteiger partial charge in [0, 0.05) is 6.20 Å². The zero-order valence-corrected chi connectivity index (χ0v) is 10.6. The van der Waals surface area contributed by atoms with Gasteiger partial charge in [0.1, 0.15) is 4.88 Å². The number of nitrogens with zero attached hydrogens (tertiary/aromatic N) is 1. The number of carboxylic acid groups (broad SMARTS) is 1. The van der Waals surface area contributed by atoms with E-state index in [1.807, 2.05) is 0 Å². The summed E-state index contributed by atoms with van der Waals surface area (Å²) in [5.74, 6) is -2.32. The van der Waals surface area contributed by atoms with E-state index < -0.39 is 17.8 Å². The molecular formula is C12H9FN2O3S. The summed E-state index contributed by atoms with van der Waals surface area (Å²) in [4.78, 5) is 26.3. The van der Waals surface area contributed by atoms with Gasteiger partial charge >= 0.3 is 5.97 Å². The van der Waals surface area contributed by atoms with Crippen LogP contribution >= 0.6 is 11.3 Å². The molecule has 2 rings (SSSR count). The SMILES string of the molecule is Cc1csc(C(=O)O)c1NC(=O)c1ccc(F)nc1. The first kappa shape index (κ1) is 13.2. The highest BCUT2D eigenvalue weighted by atomic mass is 32.1. The van der Waals surface area contributed by atoms with E-state index in [0.29, 0.717) is 5.56 Å². The van der Waals surface area contributed by atoms with Crippen molar-refractivity contribution in [2.45, 2.75) is 6.92 Å². The van der Waals surface area contributed by atoms with Gasteiger partial charge in [-0.25, -0.2) is 9.78 Å². The standard InChI is InChI=1S/C12H9FN2O3S/c1-6-5-19-10(12(17)18)9(6)15-11(16)7-2-3-8(13)14-4-7/h2-5H,1H3,(H,15,16)(H,17,18). The van der Waals surface area contributed by atoms with Gasteiger partial charge in [-0.1, -0.05) is 0 Å². The van der Waals surface area contributed by atoms with E-state index in [4.69, 9.17) is 5.11 Å². The number of pyridine rings is 1. The van der Waals surface area contributed by atoms with Gasteiger partial charge in [-0.05, 0) is 30.0 Å². The first-order valence-electron chi connectivity index (χ1n) is 5.23. The molecule has 0 aromatic carbocycles. The molecule has 0 radical (unpaired) electrons. The number of nitrogens with one attached hydrogen (secondary N) is 1. The van der Waals surface area contributed by atoms with Crippen molar-refractivity contribution in [2.75, 3.05) is 5.32 Å². The predicted molar refractivity (Wildman–Crippen MR) is 68.2 cm³/mol. The molecule has 0 bridgehead atoms. The molecule has 0 unspecified atom stereocenters. The van der Waals surface area contributed by atoms with Crippen LogP contribution < -0.4 is 5.32 Å². The smallest absolute Gasteiger partial charge is 0.348 e. The number of aromatic carboxylic acids is 1. The van der Waals surface area contributed by atoms with Gasteiger partial charge in [-0.15, -0.1) is 11.3 Å². The molecular weight excluding hydrogens is 271 g/mol. The Morgan fingerprint density at radius 3 is 2.74 bits per heavy atom. The lowest BCUT2D eigenvalue weighted by molar-refractivity contribution is 0.0703. The summed E-state index contributed by atoms with van der Waals surface area (Å²) >= 11 is 1.03. The molecule has 98 valence electrons.